The van der Waals surface area contributed by atoms with Crippen molar-refractivity contribution in [2.45, 2.75) is 20.4 Å². The lowest BCUT2D eigenvalue weighted by Gasteiger charge is -2.03. The molecule has 0 spiro atoms. The molecule has 0 radical (unpaired) electrons. The minimum absolute atomic E-state index is 0.0251. The third-order valence-corrected chi connectivity index (χ3v) is 2.57. The minimum atomic E-state index is -0.353. The molecule has 0 saturated carbocycles. The van der Waals surface area contributed by atoms with Gasteiger partial charge in [-0.25, -0.2) is 5.43 Å². The van der Waals surface area contributed by atoms with Gasteiger partial charge in [-0.2, -0.15) is 9.90 Å². The SMILES string of the molecule is C/C(=N/NC(=O)Cn1nnc(N)n1)c1ccc(C)cc1. The summed E-state index contributed by atoms with van der Waals surface area (Å²) < 4.78 is 0. The lowest BCUT2D eigenvalue weighted by atomic mass is 10.1. The van der Waals surface area contributed by atoms with Crippen molar-refractivity contribution in [1.82, 2.24) is 25.6 Å². The number of tetrazole rings is 1. The highest BCUT2D eigenvalue weighted by molar-refractivity contribution is 5.99. The number of hydrogen-bond donors (Lipinski definition) is 2. The van der Waals surface area contributed by atoms with Gasteiger partial charge in [0.2, 0.25) is 0 Å². The molecule has 1 heterocycles. The second kappa shape index (κ2) is 5.91. The number of nitrogen functional groups attached to an aromatic ring is 1. The summed E-state index contributed by atoms with van der Waals surface area (Å²) >= 11 is 0. The summed E-state index contributed by atoms with van der Waals surface area (Å²) in [4.78, 5) is 12.7. The first-order chi connectivity index (χ1) is 9.54. The highest BCUT2D eigenvalue weighted by Gasteiger charge is 2.05. The van der Waals surface area contributed by atoms with Crippen LogP contribution in [-0.2, 0) is 11.3 Å². The van der Waals surface area contributed by atoms with Crippen LogP contribution < -0.4 is 11.2 Å². The molecule has 0 atom stereocenters. The van der Waals surface area contributed by atoms with E-state index in [2.05, 4.69) is 25.9 Å². The van der Waals surface area contributed by atoms with Crippen molar-refractivity contribution < 1.29 is 4.79 Å². The van der Waals surface area contributed by atoms with Crippen LogP contribution >= 0.6 is 0 Å². The van der Waals surface area contributed by atoms with E-state index in [1.54, 1.807) is 0 Å². The van der Waals surface area contributed by atoms with Crippen molar-refractivity contribution in [3.8, 4) is 0 Å². The quantitative estimate of drug-likeness (QED) is 0.606. The zero-order valence-corrected chi connectivity index (χ0v) is 11.2. The molecule has 104 valence electrons. The molecule has 0 aliphatic heterocycles. The summed E-state index contributed by atoms with van der Waals surface area (Å²) in [5, 5.41) is 14.8. The summed E-state index contributed by atoms with van der Waals surface area (Å²) in [5.41, 5.74) is 10.6. The van der Waals surface area contributed by atoms with Gasteiger partial charge in [0, 0.05) is 0 Å². The molecule has 0 aliphatic rings. The number of nitrogens with zero attached hydrogens (tertiary/aromatic N) is 5. The molecule has 0 saturated heterocycles. The number of carbonyl (C=O) groups is 1. The molecule has 2 aromatic rings. The van der Waals surface area contributed by atoms with Gasteiger partial charge < -0.3 is 5.73 Å². The Labute approximate surface area is 115 Å². The number of benzene rings is 1. The van der Waals surface area contributed by atoms with Gasteiger partial charge in [0.05, 0.1) is 5.71 Å². The van der Waals surface area contributed by atoms with Gasteiger partial charge in [-0.1, -0.05) is 34.9 Å². The number of nitrogens with one attached hydrogen (secondary N) is 1. The van der Waals surface area contributed by atoms with Crippen molar-refractivity contribution in [2.75, 3.05) is 5.73 Å². The molecule has 0 bridgehead atoms. The van der Waals surface area contributed by atoms with E-state index in [-0.39, 0.29) is 18.4 Å². The van der Waals surface area contributed by atoms with Crippen molar-refractivity contribution in [3.05, 3.63) is 35.4 Å². The van der Waals surface area contributed by atoms with Crippen molar-refractivity contribution in [1.29, 1.82) is 0 Å². The van der Waals surface area contributed by atoms with Crippen LogP contribution in [0.3, 0.4) is 0 Å². The van der Waals surface area contributed by atoms with E-state index in [1.165, 1.54) is 5.56 Å². The first-order valence-electron chi connectivity index (χ1n) is 5.98. The van der Waals surface area contributed by atoms with Crippen molar-refractivity contribution in [2.24, 2.45) is 5.10 Å². The molecule has 1 aromatic carbocycles. The molecule has 1 aromatic heterocycles. The Morgan fingerprint density at radius 3 is 2.70 bits per heavy atom. The van der Waals surface area contributed by atoms with Crippen LogP contribution in [0.2, 0.25) is 0 Å². The number of anilines is 1. The highest BCUT2D eigenvalue weighted by atomic mass is 16.2. The number of hydrogen-bond acceptors (Lipinski definition) is 6. The molecule has 1 amide bonds. The van der Waals surface area contributed by atoms with E-state index in [9.17, 15) is 4.79 Å². The summed E-state index contributed by atoms with van der Waals surface area (Å²) in [6, 6.07) is 7.86. The predicted octanol–water partition coefficient (Wildman–Crippen LogP) is 0.104. The Morgan fingerprint density at radius 1 is 1.40 bits per heavy atom. The van der Waals surface area contributed by atoms with Crippen LogP contribution in [0, 0.1) is 6.92 Å². The fraction of sp³-hybridized carbons (Fsp3) is 0.250. The van der Waals surface area contributed by atoms with Gasteiger partial charge in [-0.05, 0) is 24.6 Å². The van der Waals surface area contributed by atoms with E-state index in [0.29, 0.717) is 5.71 Å². The lowest BCUT2D eigenvalue weighted by Crippen LogP contribution is -2.25. The van der Waals surface area contributed by atoms with Crippen LogP contribution in [0.4, 0.5) is 5.95 Å². The Morgan fingerprint density at radius 2 is 2.10 bits per heavy atom. The highest BCUT2D eigenvalue weighted by Crippen LogP contribution is 2.04. The molecule has 20 heavy (non-hydrogen) atoms. The molecule has 0 aliphatic carbocycles. The van der Waals surface area contributed by atoms with Crippen LogP contribution in [0.15, 0.2) is 29.4 Å². The average Bonchev–Trinajstić information content (AvgIpc) is 2.82. The van der Waals surface area contributed by atoms with Gasteiger partial charge in [0.1, 0.15) is 6.54 Å². The summed E-state index contributed by atoms with van der Waals surface area (Å²) in [7, 11) is 0. The van der Waals surface area contributed by atoms with Gasteiger partial charge in [0.15, 0.2) is 0 Å². The van der Waals surface area contributed by atoms with Crippen molar-refractivity contribution in [3.63, 3.8) is 0 Å². The predicted molar refractivity (Wildman–Crippen MR) is 73.8 cm³/mol. The van der Waals surface area contributed by atoms with Gasteiger partial charge in [0.25, 0.3) is 11.9 Å². The standard InChI is InChI=1S/C12H15N7O/c1-8-3-5-10(6-4-8)9(2)14-15-11(20)7-19-17-12(13)16-18-19/h3-6H,7H2,1-2H3,(H2,13,17)(H,15,20)/b14-9-. The monoisotopic (exact) mass is 273 g/mol. The maximum atomic E-state index is 11.6. The topological polar surface area (TPSA) is 111 Å². The number of aromatic nitrogens is 4. The number of carbonyl (C=O) groups excluding carboxylic acids is 1. The summed E-state index contributed by atoms with van der Waals surface area (Å²) in [5.74, 6) is -0.328. The second-order valence-electron chi connectivity index (χ2n) is 4.28. The largest absolute Gasteiger partial charge is 0.365 e. The summed E-state index contributed by atoms with van der Waals surface area (Å²) in [6.07, 6.45) is 0. The lowest BCUT2D eigenvalue weighted by molar-refractivity contribution is -0.122. The Hall–Kier alpha value is -2.77. The van der Waals surface area contributed by atoms with Crippen LogP contribution in [0.5, 0.6) is 0 Å². The van der Waals surface area contributed by atoms with Gasteiger partial charge in [-0.3, -0.25) is 4.79 Å². The minimum Gasteiger partial charge on any atom is -0.365 e. The number of nitrogens with two attached hydrogens (primary N) is 1. The molecule has 3 N–H and O–H groups in total. The maximum Gasteiger partial charge on any atom is 0.263 e. The first-order valence-corrected chi connectivity index (χ1v) is 5.98. The molecular weight excluding hydrogens is 258 g/mol. The van der Waals surface area contributed by atoms with E-state index >= 15 is 0 Å². The Bertz CT molecular complexity index is 630. The fourth-order valence-corrected chi connectivity index (χ4v) is 1.49. The van der Waals surface area contributed by atoms with E-state index in [1.807, 2.05) is 38.1 Å². The number of hydrazone groups is 1. The molecule has 2 rings (SSSR count). The fourth-order valence-electron chi connectivity index (χ4n) is 1.49. The van der Waals surface area contributed by atoms with E-state index in [4.69, 9.17) is 5.73 Å². The Balaban J connectivity index is 1.94. The molecule has 0 unspecified atom stereocenters. The van der Waals surface area contributed by atoms with Gasteiger partial charge in [-0.15, -0.1) is 5.10 Å². The average molecular weight is 273 g/mol. The Kier molecular flexibility index (Phi) is 4.04. The van der Waals surface area contributed by atoms with E-state index in [0.717, 1.165) is 10.4 Å². The third kappa shape index (κ3) is 3.61. The smallest absolute Gasteiger partial charge is 0.263 e. The first kappa shape index (κ1) is 13.7. The summed E-state index contributed by atoms with van der Waals surface area (Å²) in [6.45, 7) is 3.74. The van der Waals surface area contributed by atoms with E-state index < -0.39 is 0 Å². The number of aryl methyl sites for hydroxylation is 1. The maximum absolute atomic E-state index is 11.6. The second-order valence-corrected chi connectivity index (χ2v) is 4.28. The molecular formula is C12H15N7O. The van der Waals surface area contributed by atoms with Crippen LogP contribution in [0.25, 0.3) is 0 Å². The number of rotatable bonds is 4. The molecule has 8 heteroatoms. The zero-order valence-electron chi connectivity index (χ0n) is 11.2. The zero-order chi connectivity index (χ0) is 14.5. The van der Waals surface area contributed by atoms with Crippen molar-refractivity contribution >= 4 is 17.6 Å². The molecule has 8 nitrogen and oxygen atoms in total. The normalized spacial score (nSPS) is 11.4. The van der Waals surface area contributed by atoms with Crippen LogP contribution in [-0.4, -0.2) is 31.8 Å². The molecule has 0 fully saturated rings. The third-order valence-electron chi connectivity index (χ3n) is 2.57. The number of amides is 1. The van der Waals surface area contributed by atoms with Gasteiger partial charge >= 0.3 is 0 Å². The van der Waals surface area contributed by atoms with Crippen LogP contribution in [0.1, 0.15) is 18.1 Å².